The first-order chi connectivity index (χ1) is 4.57. The summed E-state index contributed by atoms with van der Waals surface area (Å²) in [5, 5.41) is 16.4. The Bertz CT molecular complexity index is 184. The largest absolute Gasteiger partial charge is 0.478 e. The molecule has 0 radical (unpaired) electrons. The summed E-state index contributed by atoms with van der Waals surface area (Å²) in [6.07, 6.45) is 0.572. The number of carbonyl (C=O) groups is 2. The minimum absolute atomic E-state index is 0.312. The molecule has 0 aromatic carbocycles. The molecule has 0 bridgehead atoms. The van der Waals surface area contributed by atoms with Crippen LogP contribution >= 0.6 is 0 Å². The summed E-state index contributed by atoms with van der Waals surface area (Å²) in [4.78, 5) is 20.1. The molecule has 5 nitrogen and oxygen atoms in total. The third kappa shape index (κ3) is 2.83. The van der Waals surface area contributed by atoms with Gasteiger partial charge in [0.15, 0.2) is 0 Å². The van der Waals surface area contributed by atoms with Gasteiger partial charge in [0.05, 0.1) is 6.61 Å². The van der Waals surface area contributed by atoms with Gasteiger partial charge in [-0.1, -0.05) is 0 Å². The number of hydrogen-bond acceptors (Lipinski definition) is 3. The molecular weight excluding hydrogens is 138 g/mol. The number of nitrogens with two attached hydrogens (primary N) is 1. The van der Waals surface area contributed by atoms with Crippen molar-refractivity contribution < 1.29 is 19.8 Å². The van der Waals surface area contributed by atoms with Crippen LogP contribution in [0.2, 0.25) is 0 Å². The minimum Gasteiger partial charge on any atom is -0.478 e. The zero-order valence-electron chi connectivity index (χ0n) is 5.07. The maximum absolute atomic E-state index is 10.2. The molecule has 56 valence electrons. The number of carboxylic acid groups (broad SMARTS) is 1. The Kier molecular flexibility index (Phi) is 3.13. The highest BCUT2D eigenvalue weighted by Crippen LogP contribution is 1.89. The predicted octanol–water partition coefficient (Wildman–Crippen LogP) is -1.53. The number of aliphatic hydroxyl groups excluding tert-OH is 1. The van der Waals surface area contributed by atoms with E-state index in [1.54, 1.807) is 0 Å². The van der Waals surface area contributed by atoms with Crippen LogP contribution in [0, 0.1) is 0 Å². The number of carbonyl (C=O) groups excluding carboxylic acids is 1. The lowest BCUT2D eigenvalue weighted by atomic mass is 10.2. The van der Waals surface area contributed by atoms with Gasteiger partial charge in [0.1, 0.15) is 0 Å². The summed E-state index contributed by atoms with van der Waals surface area (Å²) >= 11 is 0. The monoisotopic (exact) mass is 145 g/mol. The Morgan fingerprint density at radius 2 is 2.00 bits per heavy atom. The van der Waals surface area contributed by atoms with Gasteiger partial charge in [-0.2, -0.15) is 0 Å². The summed E-state index contributed by atoms with van der Waals surface area (Å²) in [7, 11) is 0. The average Bonchev–Trinajstić information content (AvgIpc) is 1.81. The van der Waals surface area contributed by atoms with Crippen LogP contribution in [-0.4, -0.2) is 28.7 Å². The van der Waals surface area contributed by atoms with Crippen LogP contribution < -0.4 is 5.73 Å². The number of primary amides is 1. The number of hydrogen-bond donors (Lipinski definition) is 3. The maximum Gasteiger partial charge on any atom is 0.328 e. The molecule has 0 saturated carbocycles. The van der Waals surface area contributed by atoms with Crippen molar-refractivity contribution in [3.8, 4) is 0 Å². The van der Waals surface area contributed by atoms with Crippen molar-refractivity contribution in [3.05, 3.63) is 11.6 Å². The maximum atomic E-state index is 10.2. The Balaban J connectivity index is 4.34. The van der Waals surface area contributed by atoms with Gasteiger partial charge in [0.2, 0.25) is 5.91 Å². The molecule has 10 heavy (non-hydrogen) atoms. The molecule has 0 rings (SSSR count). The fraction of sp³-hybridized carbons (Fsp3) is 0.200. The van der Waals surface area contributed by atoms with Crippen molar-refractivity contribution in [1.29, 1.82) is 0 Å². The molecular formula is C5H7NO4. The van der Waals surface area contributed by atoms with Crippen LogP contribution in [0.4, 0.5) is 0 Å². The first-order valence-electron chi connectivity index (χ1n) is 2.42. The molecule has 5 heteroatoms. The predicted molar refractivity (Wildman–Crippen MR) is 32.0 cm³/mol. The van der Waals surface area contributed by atoms with Gasteiger partial charge in [0, 0.05) is 11.6 Å². The van der Waals surface area contributed by atoms with E-state index in [0.717, 1.165) is 0 Å². The van der Waals surface area contributed by atoms with Crippen molar-refractivity contribution in [2.24, 2.45) is 5.73 Å². The second-order valence-electron chi connectivity index (χ2n) is 1.53. The highest BCUT2D eigenvalue weighted by atomic mass is 16.4. The van der Waals surface area contributed by atoms with E-state index in [1.807, 2.05) is 0 Å². The van der Waals surface area contributed by atoms with Crippen molar-refractivity contribution in [2.75, 3.05) is 6.61 Å². The minimum atomic E-state index is -1.30. The number of carboxylic acids is 1. The molecule has 0 unspecified atom stereocenters. The van der Waals surface area contributed by atoms with Crippen molar-refractivity contribution >= 4 is 11.9 Å². The second kappa shape index (κ2) is 3.62. The Hall–Kier alpha value is -1.36. The van der Waals surface area contributed by atoms with Crippen molar-refractivity contribution in [3.63, 3.8) is 0 Å². The van der Waals surface area contributed by atoms with E-state index in [2.05, 4.69) is 5.73 Å². The molecule has 0 atom stereocenters. The molecule has 0 heterocycles. The van der Waals surface area contributed by atoms with Crippen molar-refractivity contribution in [1.82, 2.24) is 0 Å². The summed E-state index contributed by atoms with van der Waals surface area (Å²) in [6.45, 7) is -0.651. The highest BCUT2D eigenvalue weighted by Gasteiger charge is 2.04. The number of aliphatic hydroxyl groups is 1. The van der Waals surface area contributed by atoms with Gasteiger partial charge in [-0.15, -0.1) is 0 Å². The van der Waals surface area contributed by atoms with Gasteiger partial charge in [-0.3, -0.25) is 4.79 Å². The van der Waals surface area contributed by atoms with Gasteiger partial charge in [0.25, 0.3) is 0 Å². The fourth-order valence-corrected chi connectivity index (χ4v) is 0.344. The van der Waals surface area contributed by atoms with Gasteiger partial charge < -0.3 is 15.9 Å². The van der Waals surface area contributed by atoms with E-state index in [-0.39, 0.29) is 5.57 Å². The molecule has 1 amide bonds. The lowest BCUT2D eigenvalue weighted by Gasteiger charge is -1.93. The number of aliphatic carboxylic acids is 1. The standard InChI is InChI=1S/C5H7NO4/c6-5(10)3(2-7)1-4(8)9/h1,7H,2H2,(H2,6,10)(H,8,9). The molecule has 0 aliphatic heterocycles. The third-order valence-electron chi connectivity index (χ3n) is 0.785. The molecule has 0 aromatic heterocycles. The lowest BCUT2D eigenvalue weighted by Crippen LogP contribution is -2.17. The van der Waals surface area contributed by atoms with E-state index in [9.17, 15) is 9.59 Å². The van der Waals surface area contributed by atoms with E-state index in [4.69, 9.17) is 10.2 Å². The summed E-state index contributed by atoms with van der Waals surface area (Å²) in [5.74, 6) is -2.23. The SMILES string of the molecule is NC(=O)C(=CC(=O)O)CO. The zero-order valence-corrected chi connectivity index (χ0v) is 5.07. The quantitative estimate of drug-likeness (QED) is 0.419. The molecule has 0 aliphatic rings. The van der Waals surface area contributed by atoms with Crippen LogP contribution in [0.25, 0.3) is 0 Å². The van der Waals surface area contributed by atoms with Crippen LogP contribution in [0.5, 0.6) is 0 Å². The fourth-order valence-electron chi connectivity index (χ4n) is 0.344. The molecule has 4 N–H and O–H groups in total. The van der Waals surface area contributed by atoms with E-state index in [1.165, 1.54) is 0 Å². The summed E-state index contributed by atoms with van der Waals surface area (Å²) in [5.41, 5.74) is 4.35. The van der Waals surface area contributed by atoms with Crippen LogP contribution in [0.1, 0.15) is 0 Å². The van der Waals surface area contributed by atoms with Crippen LogP contribution in [-0.2, 0) is 9.59 Å². The Morgan fingerprint density at radius 1 is 1.50 bits per heavy atom. The zero-order chi connectivity index (χ0) is 8.15. The molecule has 0 saturated heterocycles. The summed E-state index contributed by atoms with van der Waals surface area (Å²) in [6, 6.07) is 0. The normalized spacial score (nSPS) is 11.1. The molecule has 0 spiro atoms. The van der Waals surface area contributed by atoms with Crippen LogP contribution in [0.15, 0.2) is 11.6 Å². The third-order valence-corrected chi connectivity index (χ3v) is 0.785. The van der Waals surface area contributed by atoms with E-state index >= 15 is 0 Å². The van der Waals surface area contributed by atoms with Gasteiger partial charge in [-0.25, -0.2) is 4.79 Å². The topological polar surface area (TPSA) is 101 Å². The van der Waals surface area contributed by atoms with Gasteiger partial charge >= 0.3 is 5.97 Å². The van der Waals surface area contributed by atoms with Gasteiger partial charge in [-0.05, 0) is 0 Å². The lowest BCUT2D eigenvalue weighted by molar-refractivity contribution is -0.131. The van der Waals surface area contributed by atoms with E-state index in [0.29, 0.717) is 6.08 Å². The number of amides is 1. The summed E-state index contributed by atoms with van der Waals surface area (Å²) < 4.78 is 0. The second-order valence-corrected chi connectivity index (χ2v) is 1.53. The van der Waals surface area contributed by atoms with E-state index < -0.39 is 18.5 Å². The molecule has 0 fully saturated rings. The Labute approximate surface area is 56.8 Å². The first-order valence-corrected chi connectivity index (χ1v) is 2.42. The molecule has 0 aromatic rings. The number of rotatable bonds is 3. The first kappa shape index (κ1) is 8.64. The van der Waals surface area contributed by atoms with Crippen molar-refractivity contribution in [2.45, 2.75) is 0 Å². The average molecular weight is 145 g/mol. The Morgan fingerprint density at radius 3 is 2.10 bits per heavy atom. The highest BCUT2D eigenvalue weighted by molar-refractivity contribution is 5.98. The van der Waals surface area contributed by atoms with Crippen LogP contribution in [0.3, 0.4) is 0 Å². The molecule has 0 aliphatic carbocycles. The smallest absolute Gasteiger partial charge is 0.328 e.